The largest absolute Gasteiger partial charge is 0.507 e. The van der Waals surface area contributed by atoms with Gasteiger partial charge >= 0.3 is 5.97 Å². The van der Waals surface area contributed by atoms with Crippen LogP contribution in [0.3, 0.4) is 0 Å². The van der Waals surface area contributed by atoms with Gasteiger partial charge in [0.05, 0.1) is 31.4 Å². The molecule has 3 rings (SSSR count). The number of para-hydroxylation sites is 1. The highest BCUT2D eigenvalue weighted by Crippen LogP contribution is 2.41. The number of thioether (sulfide) groups is 1. The molecule has 2 N–H and O–H groups in total. The molecule has 0 radical (unpaired) electrons. The number of phenolic OH excluding ortho intramolecular Hbond substituents is 1. The number of hydrogen-bond donors (Lipinski definition) is 2. The fourth-order valence-electron chi connectivity index (χ4n) is 2.75. The van der Waals surface area contributed by atoms with Crippen LogP contribution in [0.4, 0.5) is 5.69 Å². The first-order valence-electron chi connectivity index (χ1n) is 9.07. The quantitative estimate of drug-likeness (QED) is 0.650. The van der Waals surface area contributed by atoms with Gasteiger partial charge in [-0.2, -0.15) is 0 Å². The van der Waals surface area contributed by atoms with Crippen molar-refractivity contribution < 1.29 is 29.2 Å². The third-order valence-electron chi connectivity index (χ3n) is 4.19. The summed E-state index contributed by atoms with van der Waals surface area (Å²) in [5.74, 6) is 0.160. The van der Waals surface area contributed by atoms with E-state index in [0.29, 0.717) is 27.7 Å². The van der Waals surface area contributed by atoms with E-state index in [0.717, 1.165) is 11.8 Å². The van der Waals surface area contributed by atoms with E-state index in [1.807, 2.05) is 0 Å². The standard InChI is InChI=1S/C22H21NO6S/c1-4-29-22(26)19-20(25)18(11-13-7-5-6-8-15(13)24)30-21(19)23-14-9-10-16(27-2)17(12-14)28-3/h5-12,24-25H,4H2,1-3H3. The Morgan fingerprint density at radius 1 is 1.10 bits per heavy atom. The molecule has 156 valence electrons. The maximum absolute atomic E-state index is 12.5. The van der Waals surface area contributed by atoms with Crippen LogP contribution in [0, 0.1) is 0 Å². The molecule has 0 aromatic heterocycles. The lowest BCUT2D eigenvalue weighted by molar-refractivity contribution is -0.138. The molecule has 0 saturated carbocycles. The number of esters is 1. The lowest BCUT2D eigenvalue weighted by Gasteiger charge is -2.08. The molecule has 0 saturated heterocycles. The Labute approximate surface area is 178 Å². The Morgan fingerprint density at radius 3 is 2.50 bits per heavy atom. The zero-order valence-corrected chi connectivity index (χ0v) is 17.5. The van der Waals surface area contributed by atoms with Gasteiger partial charge in [-0.25, -0.2) is 9.79 Å². The first kappa shape index (κ1) is 21.3. The predicted molar refractivity (Wildman–Crippen MR) is 117 cm³/mol. The molecule has 1 aliphatic heterocycles. The summed E-state index contributed by atoms with van der Waals surface area (Å²) in [6.07, 6.45) is 1.59. The summed E-state index contributed by atoms with van der Waals surface area (Å²) in [5, 5.41) is 21.0. The molecule has 0 aliphatic carbocycles. The molecule has 0 spiro atoms. The number of methoxy groups -OCH3 is 2. The van der Waals surface area contributed by atoms with Gasteiger partial charge in [0.2, 0.25) is 0 Å². The molecule has 30 heavy (non-hydrogen) atoms. The topological polar surface area (TPSA) is 97.6 Å². The van der Waals surface area contributed by atoms with E-state index < -0.39 is 5.97 Å². The van der Waals surface area contributed by atoms with E-state index in [-0.39, 0.29) is 28.7 Å². The Hall–Kier alpha value is -3.39. The molecule has 0 unspecified atom stereocenters. The van der Waals surface area contributed by atoms with Crippen LogP contribution < -0.4 is 9.47 Å². The van der Waals surface area contributed by atoms with Gasteiger partial charge in [0.1, 0.15) is 22.1 Å². The Balaban J connectivity index is 2.06. The highest BCUT2D eigenvalue weighted by atomic mass is 32.2. The maximum Gasteiger partial charge on any atom is 0.344 e. The van der Waals surface area contributed by atoms with E-state index in [1.54, 1.807) is 49.4 Å². The first-order valence-corrected chi connectivity index (χ1v) is 9.89. The highest BCUT2D eigenvalue weighted by Gasteiger charge is 2.33. The van der Waals surface area contributed by atoms with Crippen LogP contribution in [-0.4, -0.2) is 42.1 Å². The minimum atomic E-state index is -0.678. The van der Waals surface area contributed by atoms with Crippen LogP contribution in [0.1, 0.15) is 12.5 Å². The number of aliphatic hydroxyl groups excluding tert-OH is 1. The second kappa shape index (κ2) is 9.41. The summed E-state index contributed by atoms with van der Waals surface area (Å²) in [7, 11) is 3.05. The van der Waals surface area contributed by atoms with Crippen molar-refractivity contribution in [3.63, 3.8) is 0 Å². The van der Waals surface area contributed by atoms with Gasteiger partial charge in [0.25, 0.3) is 0 Å². The molecule has 1 aliphatic rings. The fraction of sp³-hybridized carbons (Fsp3) is 0.182. The lowest BCUT2D eigenvalue weighted by Crippen LogP contribution is -2.12. The number of aliphatic imine (C=N–C) groups is 1. The average Bonchev–Trinajstić information content (AvgIpc) is 3.04. The van der Waals surface area contributed by atoms with Crippen LogP contribution in [0.25, 0.3) is 6.08 Å². The molecule has 2 aromatic carbocycles. The number of carbonyl (C=O) groups is 1. The number of rotatable bonds is 6. The zero-order valence-electron chi connectivity index (χ0n) is 16.7. The monoisotopic (exact) mass is 427 g/mol. The van der Waals surface area contributed by atoms with Gasteiger partial charge in [-0.1, -0.05) is 30.0 Å². The normalized spacial score (nSPS) is 16.2. The molecule has 7 nitrogen and oxygen atoms in total. The number of nitrogens with zero attached hydrogens (tertiary/aromatic N) is 1. The van der Waals surface area contributed by atoms with Crippen molar-refractivity contribution in [2.75, 3.05) is 20.8 Å². The Bertz CT molecular complexity index is 1060. The smallest absolute Gasteiger partial charge is 0.344 e. The summed E-state index contributed by atoms with van der Waals surface area (Å²) in [6, 6.07) is 11.8. The second-order valence-electron chi connectivity index (χ2n) is 6.07. The van der Waals surface area contributed by atoms with Gasteiger partial charge < -0.3 is 24.4 Å². The summed E-state index contributed by atoms with van der Waals surface area (Å²) < 4.78 is 15.6. The lowest BCUT2D eigenvalue weighted by atomic mass is 10.1. The summed E-state index contributed by atoms with van der Waals surface area (Å²) >= 11 is 1.11. The van der Waals surface area contributed by atoms with E-state index in [9.17, 15) is 15.0 Å². The van der Waals surface area contributed by atoms with E-state index in [4.69, 9.17) is 14.2 Å². The van der Waals surface area contributed by atoms with E-state index in [2.05, 4.69) is 4.99 Å². The van der Waals surface area contributed by atoms with Gasteiger partial charge in [-0.15, -0.1) is 0 Å². The van der Waals surface area contributed by atoms with E-state index >= 15 is 0 Å². The Morgan fingerprint density at radius 2 is 1.83 bits per heavy atom. The number of benzene rings is 2. The summed E-state index contributed by atoms with van der Waals surface area (Å²) in [4.78, 5) is 17.4. The van der Waals surface area contributed by atoms with Crippen LogP contribution in [-0.2, 0) is 9.53 Å². The predicted octanol–water partition coefficient (Wildman–Crippen LogP) is 4.60. The summed E-state index contributed by atoms with van der Waals surface area (Å²) in [6.45, 7) is 1.84. The second-order valence-corrected chi connectivity index (χ2v) is 7.10. The van der Waals surface area contributed by atoms with Crippen molar-refractivity contribution in [3.8, 4) is 17.2 Å². The number of carbonyl (C=O) groups excluding carboxylic acids is 1. The van der Waals surface area contributed by atoms with Gasteiger partial charge in [0.15, 0.2) is 11.5 Å². The van der Waals surface area contributed by atoms with Crippen molar-refractivity contribution in [3.05, 3.63) is 64.3 Å². The molecule has 0 atom stereocenters. The number of phenols is 1. The average molecular weight is 427 g/mol. The van der Waals surface area contributed by atoms with Crippen molar-refractivity contribution >= 4 is 34.5 Å². The molecular formula is C22H21NO6S. The van der Waals surface area contributed by atoms with Crippen LogP contribution >= 0.6 is 11.8 Å². The minimum Gasteiger partial charge on any atom is -0.507 e. The molecule has 0 fully saturated rings. The number of aromatic hydroxyl groups is 1. The minimum absolute atomic E-state index is 0.0293. The van der Waals surface area contributed by atoms with Crippen LogP contribution in [0.15, 0.2) is 63.7 Å². The van der Waals surface area contributed by atoms with Gasteiger partial charge in [0, 0.05) is 11.6 Å². The summed E-state index contributed by atoms with van der Waals surface area (Å²) in [5.41, 5.74) is 0.981. The molecule has 2 aromatic rings. The zero-order chi connectivity index (χ0) is 21.7. The fourth-order valence-corrected chi connectivity index (χ4v) is 3.78. The van der Waals surface area contributed by atoms with Crippen LogP contribution in [0.5, 0.6) is 17.2 Å². The van der Waals surface area contributed by atoms with E-state index in [1.165, 1.54) is 20.3 Å². The van der Waals surface area contributed by atoms with Crippen molar-refractivity contribution in [1.82, 2.24) is 0 Å². The Kier molecular flexibility index (Phi) is 6.68. The van der Waals surface area contributed by atoms with Crippen molar-refractivity contribution in [1.29, 1.82) is 0 Å². The third kappa shape index (κ3) is 4.44. The van der Waals surface area contributed by atoms with Crippen molar-refractivity contribution in [2.45, 2.75) is 6.92 Å². The number of aliphatic hydroxyl groups is 1. The van der Waals surface area contributed by atoms with Crippen molar-refractivity contribution in [2.24, 2.45) is 4.99 Å². The van der Waals surface area contributed by atoms with Gasteiger partial charge in [-0.3, -0.25) is 0 Å². The number of hydrogen-bond acceptors (Lipinski definition) is 8. The molecule has 0 bridgehead atoms. The van der Waals surface area contributed by atoms with Crippen LogP contribution in [0.2, 0.25) is 0 Å². The maximum atomic E-state index is 12.5. The third-order valence-corrected chi connectivity index (χ3v) is 5.21. The number of ether oxygens (including phenoxy) is 3. The first-order chi connectivity index (χ1) is 14.5. The van der Waals surface area contributed by atoms with Gasteiger partial charge in [-0.05, 0) is 31.2 Å². The molecular weight excluding hydrogens is 406 g/mol. The molecule has 0 amide bonds. The molecule has 8 heteroatoms. The SMILES string of the molecule is CCOC(=O)C1=C(O)C(=Cc2ccccc2O)SC1=Nc1ccc(OC)c(OC)c1. The molecule has 1 heterocycles. The highest BCUT2D eigenvalue weighted by molar-refractivity contribution is 8.18.